The Bertz CT molecular complexity index is 546. The normalized spacial score (nSPS) is 10.8. The zero-order valence-electron chi connectivity index (χ0n) is 9.88. The fraction of sp³-hybridized carbons (Fsp3) is 0.308. The summed E-state index contributed by atoms with van der Waals surface area (Å²) in [5.41, 5.74) is 1.67. The van der Waals surface area contributed by atoms with Gasteiger partial charge in [-0.2, -0.15) is 0 Å². The maximum absolute atomic E-state index is 12.3. The molecule has 2 heterocycles. The van der Waals surface area contributed by atoms with E-state index in [1.165, 1.54) is 11.3 Å². The van der Waals surface area contributed by atoms with Crippen LogP contribution in [0.25, 0.3) is 0 Å². The maximum atomic E-state index is 12.3. The largest absolute Gasteiger partial charge is 0.466 e. The lowest BCUT2D eigenvalue weighted by Crippen LogP contribution is -2.01. The Morgan fingerprint density at radius 3 is 2.25 bits per heavy atom. The Morgan fingerprint density at radius 2 is 1.81 bits per heavy atom. The number of hydrogen-bond donors (Lipinski definition) is 0. The van der Waals surface area contributed by atoms with E-state index in [1.807, 2.05) is 39.8 Å². The molecule has 0 N–H and O–H groups in total. The number of carbonyl (C=O) groups is 1. The number of aryl methyl sites for hydroxylation is 3. The fourth-order valence-corrected chi connectivity index (χ4v) is 2.62. The second-order valence-electron chi connectivity index (χ2n) is 3.95. The molecule has 0 amide bonds. The van der Waals surface area contributed by atoms with Crippen molar-refractivity contribution in [1.82, 2.24) is 0 Å². The minimum absolute atomic E-state index is 0.0740. The summed E-state index contributed by atoms with van der Waals surface area (Å²) in [5, 5.41) is 0. The van der Waals surface area contributed by atoms with Crippen LogP contribution >= 0.6 is 11.3 Å². The van der Waals surface area contributed by atoms with Crippen molar-refractivity contribution in [2.24, 2.45) is 0 Å². The van der Waals surface area contributed by atoms with Gasteiger partial charge in [-0.25, -0.2) is 0 Å². The number of ketones is 1. The quantitative estimate of drug-likeness (QED) is 0.740. The van der Waals surface area contributed by atoms with Crippen molar-refractivity contribution in [2.45, 2.75) is 27.7 Å². The average molecular weight is 234 g/mol. The first-order valence-corrected chi connectivity index (χ1v) is 6.00. The first-order chi connectivity index (χ1) is 7.50. The molecule has 0 saturated heterocycles. The Balaban J connectivity index is 2.49. The summed E-state index contributed by atoms with van der Waals surface area (Å²) in [7, 11) is 0. The molecular formula is C13H14O2S. The van der Waals surface area contributed by atoms with E-state index in [4.69, 9.17) is 4.42 Å². The molecule has 0 aliphatic rings. The molecule has 0 spiro atoms. The lowest BCUT2D eigenvalue weighted by atomic mass is 10.1. The molecule has 16 heavy (non-hydrogen) atoms. The Labute approximate surface area is 98.9 Å². The zero-order valence-corrected chi connectivity index (χ0v) is 10.7. The predicted octanol–water partition coefficient (Wildman–Crippen LogP) is 3.81. The molecule has 0 radical (unpaired) electrons. The van der Waals surface area contributed by atoms with E-state index in [2.05, 4.69) is 0 Å². The standard InChI is InChI=1S/C13H14O2S/c1-7-5-6-11(16-7)13(14)12-8(2)9(3)15-10(12)4/h5-6H,1-4H3. The molecule has 3 heteroatoms. The third-order valence-corrected chi connectivity index (χ3v) is 3.75. The predicted molar refractivity (Wildman–Crippen MR) is 65.4 cm³/mol. The van der Waals surface area contributed by atoms with E-state index in [-0.39, 0.29) is 5.78 Å². The molecule has 0 aliphatic heterocycles. The van der Waals surface area contributed by atoms with Crippen molar-refractivity contribution >= 4 is 17.1 Å². The highest BCUT2D eigenvalue weighted by molar-refractivity contribution is 7.14. The minimum Gasteiger partial charge on any atom is -0.466 e. The topological polar surface area (TPSA) is 30.2 Å². The van der Waals surface area contributed by atoms with Gasteiger partial charge in [0.1, 0.15) is 11.5 Å². The van der Waals surface area contributed by atoms with Crippen LogP contribution in [0.5, 0.6) is 0 Å². The van der Waals surface area contributed by atoms with Crippen molar-refractivity contribution in [3.8, 4) is 0 Å². The molecule has 2 nitrogen and oxygen atoms in total. The number of thiophene rings is 1. The van der Waals surface area contributed by atoms with Gasteiger partial charge in [0, 0.05) is 10.4 Å². The second kappa shape index (κ2) is 3.91. The molecule has 0 bridgehead atoms. The van der Waals surface area contributed by atoms with Crippen LogP contribution in [0.15, 0.2) is 16.5 Å². The van der Waals surface area contributed by atoms with Crippen LogP contribution in [-0.2, 0) is 0 Å². The highest BCUT2D eigenvalue weighted by Crippen LogP contribution is 2.26. The van der Waals surface area contributed by atoms with Crippen LogP contribution in [0, 0.1) is 27.7 Å². The molecule has 0 aliphatic carbocycles. The third kappa shape index (κ3) is 1.71. The van der Waals surface area contributed by atoms with Gasteiger partial charge in [0.15, 0.2) is 0 Å². The lowest BCUT2D eigenvalue weighted by Gasteiger charge is -1.97. The Morgan fingerprint density at radius 1 is 1.12 bits per heavy atom. The summed E-state index contributed by atoms with van der Waals surface area (Å²) < 4.78 is 5.48. The minimum atomic E-state index is 0.0740. The number of rotatable bonds is 2. The summed E-state index contributed by atoms with van der Waals surface area (Å²) in [6, 6.07) is 3.85. The van der Waals surface area contributed by atoms with Crippen molar-refractivity contribution < 1.29 is 9.21 Å². The summed E-state index contributed by atoms with van der Waals surface area (Å²) >= 11 is 1.53. The molecule has 2 aromatic heterocycles. The van der Waals surface area contributed by atoms with Crippen molar-refractivity contribution in [3.05, 3.63) is 44.5 Å². The Hall–Kier alpha value is -1.35. The van der Waals surface area contributed by atoms with Crippen LogP contribution in [0.1, 0.15) is 37.2 Å². The highest BCUT2D eigenvalue weighted by Gasteiger charge is 2.20. The molecule has 2 rings (SSSR count). The van der Waals surface area contributed by atoms with Crippen LogP contribution in [0.3, 0.4) is 0 Å². The van der Waals surface area contributed by atoms with Gasteiger partial charge >= 0.3 is 0 Å². The van der Waals surface area contributed by atoms with Gasteiger partial charge in [-0.05, 0) is 39.8 Å². The second-order valence-corrected chi connectivity index (χ2v) is 5.24. The number of carbonyl (C=O) groups excluding carboxylic acids is 1. The van der Waals surface area contributed by atoms with Gasteiger partial charge in [-0.3, -0.25) is 4.79 Å². The summed E-state index contributed by atoms with van der Waals surface area (Å²) in [5.74, 6) is 1.62. The van der Waals surface area contributed by atoms with Gasteiger partial charge in [0.05, 0.1) is 10.4 Å². The maximum Gasteiger partial charge on any atom is 0.206 e. The van der Waals surface area contributed by atoms with E-state index in [0.29, 0.717) is 5.76 Å². The van der Waals surface area contributed by atoms with E-state index in [9.17, 15) is 4.79 Å². The van der Waals surface area contributed by atoms with Crippen LogP contribution < -0.4 is 0 Å². The van der Waals surface area contributed by atoms with E-state index < -0.39 is 0 Å². The molecule has 2 aromatic rings. The van der Waals surface area contributed by atoms with Gasteiger partial charge in [0.2, 0.25) is 5.78 Å². The third-order valence-electron chi connectivity index (χ3n) is 2.75. The number of furan rings is 1. The fourth-order valence-electron chi connectivity index (χ4n) is 1.81. The lowest BCUT2D eigenvalue weighted by molar-refractivity contribution is 0.104. The highest BCUT2D eigenvalue weighted by atomic mass is 32.1. The van der Waals surface area contributed by atoms with Gasteiger partial charge in [0.25, 0.3) is 0 Å². The van der Waals surface area contributed by atoms with Crippen molar-refractivity contribution in [1.29, 1.82) is 0 Å². The SMILES string of the molecule is Cc1ccc(C(=O)c2c(C)oc(C)c2C)s1. The van der Waals surface area contributed by atoms with Gasteiger partial charge in [-0.1, -0.05) is 0 Å². The summed E-state index contributed by atoms with van der Waals surface area (Å²) in [6.07, 6.45) is 0. The van der Waals surface area contributed by atoms with E-state index >= 15 is 0 Å². The van der Waals surface area contributed by atoms with Crippen molar-refractivity contribution in [3.63, 3.8) is 0 Å². The Kier molecular flexibility index (Phi) is 2.72. The van der Waals surface area contributed by atoms with Gasteiger partial charge < -0.3 is 4.42 Å². The number of hydrogen-bond acceptors (Lipinski definition) is 3. The van der Waals surface area contributed by atoms with E-state index in [0.717, 1.165) is 26.6 Å². The molecule has 0 aromatic carbocycles. The zero-order chi connectivity index (χ0) is 11.9. The molecular weight excluding hydrogens is 220 g/mol. The van der Waals surface area contributed by atoms with Gasteiger partial charge in [-0.15, -0.1) is 11.3 Å². The van der Waals surface area contributed by atoms with Crippen LogP contribution in [0.4, 0.5) is 0 Å². The first kappa shape index (κ1) is 11.1. The average Bonchev–Trinajstić information content (AvgIpc) is 2.73. The molecule has 84 valence electrons. The molecule has 0 unspecified atom stereocenters. The van der Waals surface area contributed by atoms with E-state index in [1.54, 1.807) is 0 Å². The smallest absolute Gasteiger partial charge is 0.206 e. The van der Waals surface area contributed by atoms with Crippen LogP contribution in [0.2, 0.25) is 0 Å². The monoisotopic (exact) mass is 234 g/mol. The summed E-state index contributed by atoms with van der Waals surface area (Å²) in [4.78, 5) is 14.2. The summed E-state index contributed by atoms with van der Waals surface area (Å²) in [6.45, 7) is 7.66. The first-order valence-electron chi connectivity index (χ1n) is 5.18. The molecule has 0 atom stereocenters. The molecule has 0 fully saturated rings. The van der Waals surface area contributed by atoms with Crippen molar-refractivity contribution in [2.75, 3.05) is 0 Å². The van der Waals surface area contributed by atoms with Crippen LogP contribution in [-0.4, -0.2) is 5.78 Å². The molecule has 0 saturated carbocycles.